The van der Waals surface area contributed by atoms with Gasteiger partial charge in [0.2, 0.25) is 11.9 Å². The molecule has 4 heterocycles. The largest absolute Gasteiger partial charge is 0.370 e. The number of hydrogen-bond donors (Lipinski definition) is 1. The van der Waals surface area contributed by atoms with Gasteiger partial charge < -0.3 is 15.1 Å². The lowest BCUT2D eigenvalue weighted by Crippen LogP contribution is -2.49. The van der Waals surface area contributed by atoms with Gasteiger partial charge in [0.25, 0.3) is 0 Å². The van der Waals surface area contributed by atoms with Crippen LogP contribution < -0.4 is 15.1 Å². The van der Waals surface area contributed by atoms with Crippen LogP contribution in [0.1, 0.15) is 45.1 Å². The normalized spacial score (nSPS) is 19.1. The Morgan fingerprint density at radius 3 is 2.61 bits per heavy atom. The van der Waals surface area contributed by atoms with Crippen LogP contribution in [0.25, 0.3) is 10.8 Å². The van der Waals surface area contributed by atoms with Gasteiger partial charge >= 0.3 is 0 Å². The number of sulfone groups is 1. The lowest BCUT2D eigenvalue weighted by molar-refractivity contribution is 0.442. The highest BCUT2D eigenvalue weighted by atomic mass is 32.2. The number of rotatable bonds is 7. The number of hydrogen-bond acceptors (Lipinski definition) is 9. The summed E-state index contributed by atoms with van der Waals surface area (Å²) in [7, 11) is -2.97. The van der Waals surface area contributed by atoms with Gasteiger partial charge in [-0.05, 0) is 47.8 Å². The number of anilines is 4. The number of nitrogens with zero attached hydrogens (tertiary/aromatic N) is 6. The molecule has 192 valence electrons. The molecule has 2 aromatic heterocycles. The molecule has 0 spiro atoms. The van der Waals surface area contributed by atoms with E-state index in [1.165, 1.54) is 18.2 Å². The van der Waals surface area contributed by atoms with Crippen LogP contribution in [0.4, 0.5) is 23.4 Å². The van der Waals surface area contributed by atoms with Crippen molar-refractivity contribution in [3.63, 3.8) is 0 Å². The summed E-state index contributed by atoms with van der Waals surface area (Å²) in [4.78, 5) is 22.6. The first kappa shape index (κ1) is 24.7. The van der Waals surface area contributed by atoms with E-state index in [4.69, 9.17) is 0 Å². The molecule has 9 nitrogen and oxygen atoms in total. The van der Waals surface area contributed by atoms with Crippen molar-refractivity contribution in [1.29, 1.82) is 0 Å². The molecule has 10 heteroatoms. The van der Waals surface area contributed by atoms with Crippen molar-refractivity contribution >= 4 is 44.0 Å². The highest BCUT2D eigenvalue weighted by molar-refractivity contribution is 7.90. The van der Waals surface area contributed by atoms with E-state index in [9.17, 15) is 8.42 Å². The van der Waals surface area contributed by atoms with Crippen LogP contribution in [0.15, 0.2) is 30.7 Å². The summed E-state index contributed by atoms with van der Waals surface area (Å²) in [5.41, 5.74) is 2.34. The fraction of sp³-hybridized carbons (Fsp3) is 0.538. The SMILES string of the molecule is CC1CCCN(c2ncnc(Nc3cc4c(C(C)C)ccc(N5CC(CS(C)(=O)=O)C5)c4cn3)n2)C1. The minimum atomic E-state index is -2.97. The average Bonchev–Trinajstić information content (AvgIpc) is 2.80. The Morgan fingerprint density at radius 1 is 1.08 bits per heavy atom. The summed E-state index contributed by atoms with van der Waals surface area (Å²) in [5.74, 6) is 3.26. The van der Waals surface area contributed by atoms with Crippen molar-refractivity contribution in [1.82, 2.24) is 19.9 Å². The molecule has 0 aliphatic carbocycles. The lowest BCUT2D eigenvalue weighted by Gasteiger charge is -2.41. The number of benzene rings is 1. The second-order valence-electron chi connectivity index (χ2n) is 10.7. The van der Waals surface area contributed by atoms with Crippen LogP contribution in [0.5, 0.6) is 0 Å². The molecule has 1 atom stereocenters. The second-order valence-corrected chi connectivity index (χ2v) is 12.9. The predicted molar refractivity (Wildman–Crippen MR) is 145 cm³/mol. The Bertz CT molecular complexity index is 1360. The third kappa shape index (κ3) is 5.38. The molecule has 0 amide bonds. The average molecular weight is 510 g/mol. The van der Waals surface area contributed by atoms with E-state index in [0.717, 1.165) is 49.1 Å². The van der Waals surface area contributed by atoms with E-state index in [1.807, 2.05) is 6.20 Å². The molecule has 2 aliphatic heterocycles. The first-order valence-corrected chi connectivity index (χ1v) is 14.8. The van der Waals surface area contributed by atoms with Gasteiger partial charge in [-0.2, -0.15) is 4.98 Å². The number of pyridine rings is 1. The van der Waals surface area contributed by atoms with Gasteiger partial charge in [-0.1, -0.05) is 26.8 Å². The lowest BCUT2D eigenvalue weighted by atomic mass is 9.93. The standard InChI is InChI=1S/C26H35N7O2S/c1-17(2)20-7-8-23(33-13-19(14-33)15-36(4,34)35)22-11-27-24(10-21(20)22)30-25-28-16-29-26(31-25)32-9-5-6-18(3)12-32/h7-8,10-11,16-19H,5-6,9,12-15H2,1-4H3,(H,27,28,29,30,31). The topological polar surface area (TPSA) is 104 Å². The molecule has 2 fully saturated rings. The van der Waals surface area contributed by atoms with Crippen molar-refractivity contribution in [2.24, 2.45) is 11.8 Å². The number of fused-ring (bicyclic) bond motifs is 1. The van der Waals surface area contributed by atoms with E-state index in [2.05, 4.69) is 74.0 Å². The summed E-state index contributed by atoms with van der Waals surface area (Å²) in [5, 5.41) is 5.48. The molecule has 2 aliphatic rings. The van der Waals surface area contributed by atoms with E-state index in [1.54, 1.807) is 6.33 Å². The summed E-state index contributed by atoms with van der Waals surface area (Å²) in [6.45, 7) is 10.0. The molecule has 1 N–H and O–H groups in total. The fourth-order valence-corrected chi connectivity index (χ4v) is 6.45. The Hall–Kier alpha value is -3.01. The minimum absolute atomic E-state index is 0.176. The molecule has 5 rings (SSSR count). The summed E-state index contributed by atoms with van der Waals surface area (Å²) < 4.78 is 23.3. The first-order valence-electron chi connectivity index (χ1n) is 12.7. The molecule has 1 unspecified atom stereocenters. The van der Waals surface area contributed by atoms with E-state index >= 15 is 0 Å². The first-order chi connectivity index (χ1) is 17.2. The van der Waals surface area contributed by atoms with Crippen molar-refractivity contribution in [3.8, 4) is 0 Å². The molecule has 2 saturated heterocycles. The smallest absolute Gasteiger partial charge is 0.233 e. The van der Waals surface area contributed by atoms with E-state index in [-0.39, 0.29) is 11.7 Å². The molecule has 36 heavy (non-hydrogen) atoms. The van der Waals surface area contributed by atoms with Gasteiger partial charge in [-0.25, -0.2) is 23.4 Å². The monoisotopic (exact) mass is 509 g/mol. The van der Waals surface area contributed by atoms with Crippen LogP contribution in [-0.4, -0.2) is 66.5 Å². The molecule has 0 saturated carbocycles. The Labute approximate surface area is 213 Å². The molecular formula is C26H35N7O2S. The van der Waals surface area contributed by atoms with E-state index in [0.29, 0.717) is 29.6 Å². The zero-order chi connectivity index (χ0) is 25.4. The number of aromatic nitrogens is 4. The quantitative estimate of drug-likeness (QED) is 0.506. The Kier molecular flexibility index (Phi) is 6.72. The predicted octanol–water partition coefficient (Wildman–Crippen LogP) is 4.00. The highest BCUT2D eigenvalue weighted by Crippen LogP contribution is 2.37. The third-order valence-electron chi connectivity index (χ3n) is 7.11. The summed E-state index contributed by atoms with van der Waals surface area (Å²) >= 11 is 0. The maximum Gasteiger partial charge on any atom is 0.233 e. The molecule has 0 bridgehead atoms. The third-order valence-corrected chi connectivity index (χ3v) is 8.19. The van der Waals surface area contributed by atoms with Gasteiger partial charge in [-0.15, -0.1) is 0 Å². The fourth-order valence-electron chi connectivity index (χ4n) is 5.38. The number of nitrogens with one attached hydrogen (secondary N) is 1. The molecule has 3 aromatic rings. The second kappa shape index (κ2) is 9.80. The molecule has 0 radical (unpaired) electrons. The Morgan fingerprint density at radius 2 is 1.89 bits per heavy atom. The van der Waals surface area contributed by atoms with Crippen molar-refractivity contribution < 1.29 is 8.42 Å². The van der Waals surface area contributed by atoms with Gasteiger partial charge in [0, 0.05) is 55.6 Å². The van der Waals surface area contributed by atoms with Crippen molar-refractivity contribution in [3.05, 3.63) is 36.3 Å². The van der Waals surface area contributed by atoms with Crippen molar-refractivity contribution in [2.45, 2.75) is 39.5 Å². The maximum atomic E-state index is 11.7. The van der Waals surface area contributed by atoms with Gasteiger partial charge in [0.1, 0.15) is 22.0 Å². The minimum Gasteiger partial charge on any atom is -0.370 e. The zero-order valence-corrected chi connectivity index (χ0v) is 22.3. The van der Waals surface area contributed by atoms with Crippen LogP contribution in [0, 0.1) is 11.8 Å². The van der Waals surface area contributed by atoms with Crippen LogP contribution in [0.2, 0.25) is 0 Å². The van der Waals surface area contributed by atoms with Gasteiger partial charge in [-0.3, -0.25) is 0 Å². The molecular weight excluding hydrogens is 474 g/mol. The summed E-state index contributed by atoms with van der Waals surface area (Å²) in [6.07, 6.45) is 7.15. The summed E-state index contributed by atoms with van der Waals surface area (Å²) in [6, 6.07) is 6.38. The maximum absolute atomic E-state index is 11.7. The number of piperidine rings is 1. The van der Waals surface area contributed by atoms with Crippen LogP contribution >= 0.6 is 0 Å². The van der Waals surface area contributed by atoms with E-state index < -0.39 is 9.84 Å². The molecule has 1 aromatic carbocycles. The van der Waals surface area contributed by atoms with Crippen LogP contribution in [0.3, 0.4) is 0 Å². The zero-order valence-electron chi connectivity index (χ0n) is 21.5. The van der Waals surface area contributed by atoms with Crippen LogP contribution in [-0.2, 0) is 9.84 Å². The van der Waals surface area contributed by atoms with Gasteiger partial charge in [0.05, 0.1) is 5.75 Å². The van der Waals surface area contributed by atoms with Crippen molar-refractivity contribution in [2.75, 3.05) is 53.3 Å². The van der Waals surface area contributed by atoms with Gasteiger partial charge in [0.15, 0.2) is 0 Å². The Balaban J connectivity index is 1.40. The highest BCUT2D eigenvalue weighted by Gasteiger charge is 2.31.